The van der Waals surface area contributed by atoms with Gasteiger partial charge in [-0.05, 0) is 32.9 Å². The van der Waals surface area contributed by atoms with Crippen LogP contribution >= 0.6 is 0 Å². The minimum Gasteiger partial charge on any atom is -0.444 e. The number of nitrogens with two attached hydrogens (primary N) is 1. The van der Waals surface area contributed by atoms with Crippen molar-refractivity contribution >= 4 is 6.09 Å². The number of hydrogen-bond donors (Lipinski definition) is 2. The van der Waals surface area contributed by atoms with Crippen molar-refractivity contribution in [2.24, 2.45) is 5.73 Å². The van der Waals surface area contributed by atoms with Crippen LogP contribution in [0.1, 0.15) is 32.6 Å². The van der Waals surface area contributed by atoms with E-state index in [2.05, 4.69) is 10.3 Å². The summed E-state index contributed by atoms with van der Waals surface area (Å²) >= 11 is 0. The number of pyridine rings is 1. The minimum absolute atomic E-state index is 0.534. The molecule has 0 saturated carbocycles. The van der Waals surface area contributed by atoms with Crippen LogP contribution in [0.3, 0.4) is 0 Å². The van der Waals surface area contributed by atoms with Crippen LogP contribution in [0.15, 0.2) is 24.4 Å². The van der Waals surface area contributed by atoms with Crippen LogP contribution in [0.5, 0.6) is 0 Å². The van der Waals surface area contributed by atoms with Gasteiger partial charge in [-0.1, -0.05) is 6.07 Å². The van der Waals surface area contributed by atoms with Crippen molar-refractivity contribution in [1.29, 1.82) is 0 Å². The molecule has 1 aromatic heterocycles. The lowest BCUT2D eigenvalue weighted by molar-refractivity contribution is 0.0504. The van der Waals surface area contributed by atoms with E-state index in [9.17, 15) is 4.79 Å². The van der Waals surface area contributed by atoms with Gasteiger partial charge in [0.2, 0.25) is 0 Å². The molecule has 1 unspecified atom stereocenters. The Labute approximate surface area is 95.0 Å². The van der Waals surface area contributed by atoms with Gasteiger partial charge >= 0.3 is 6.09 Å². The normalized spacial score (nSPS) is 13.0. The standard InChI is InChI=1S/C11H17N3O2/c1-11(2,3)16-10(15)14-9(12)8-6-4-5-7-13-8/h4-7,9H,12H2,1-3H3,(H,14,15). The van der Waals surface area contributed by atoms with E-state index < -0.39 is 17.9 Å². The molecule has 3 N–H and O–H groups in total. The van der Waals surface area contributed by atoms with E-state index in [1.54, 1.807) is 45.2 Å². The molecular weight excluding hydrogens is 206 g/mol. The molecule has 88 valence electrons. The number of nitrogens with zero attached hydrogens (tertiary/aromatic N) is 1. The van der Waals surface area contributed by atoms with Gasteiger partial charge in [0.15, 0.2) is 0 Å². The zero-order valence-electron chi connectivity index (χ0n) is 9.73. The second-order valence-electron chi connectivity index (χ2n) is 4.38. The largest absolute Gasteiger partial charge is 0.444 e. The maximum Gasteiger partial charge on any atom is 0.409 e. The Hall–Kier alpha value is -1.62. The highest BCUT2D eigenvalue weighted by molar-refractivity contribution is 5.68. The summed E-state index contributed by atoms with van der Waals surface area (Å²) in [5.41, 5.74) is 5.80. The van der Waals surface area contributed by atoms with Crippen LogP contribution in [0.2, 0.25) is 0 Å². The van der Waals surface area contributed by atoms with Crippen molar-refractivity contribution < 1.29 is 9.53 Å². The van der Waals surface area contributed by atoms with Gasteiger partial charge in [0, 0.05) is 6.20 Å². The second-order valence-corrected chi connectivity index (χ2v) is 4.38. The van der Waals surface area contributed by atoms with E-state index in [1.807, 2.05) is 0 Å². The second kappa shape index (κ2) is 4.94. The Bertz CT molecular complexity index is 346. The van der Waals surface area contributed by atoms with Gasteiger partial charge in [-0.15, -0.1) is 0 Å². The molecule has 5 nitrogen and oxygen atoms in total. The predicted octanol–water partition coefficient (Wildman–Crippen LogP) is 1.56. The van der Waals surface area contributed by atoms with Crippen molar-refractivity contribution in [2.75, 3.05) is 0 Å². The summed E-state index contributed by atoms with van der Waals surface area (Å²) in [7, 11) is 0. The van der Waals surface area contributed by atoms with Crippen LogP contribution in [0.25, 0.3) is 0 Å². The summed E-state index contributed by atoms with van der Waals surface area (Å²) in [5.74, 6) is 0. The maximum absolute atomic E-state index is 11.4. The predicted molar refractivity (Wildman–Crippen MR) is 60.5 cm³/mol. The maximum atomic E-state index is 11.4. The third kappa shape index (κ3) is 4.27. The molecule has 0 bridgehead atoms. The highest BCUT2D eigenvalue weighted by Crippen LogP contribution is 2.08. The smallest absolute Gasteiger partial charge is 0.409 e. The molecule has 0 fully saturated rings. The molecular formula is C11H17N3O2. The molecule has 0 saturated heterocycles. The fourth-order valence-corrected chi connectivity index (χ4v) is 1.07. The monoisotopic (exact) mass is 223 g/mol. The van der Waals surface area contributed by atoms with Gasteiger partial charge < -0.3 is 15.8 Å². The first-order valence-corrected chi connectivity index (χ1v) is 5.04. The highest BCUT2D eigenvalue weighted by Gasteiger charge is 2.18. The fourth-order valence-electron chi connectivity index (χ4n) is 1.07. The molecule has 0 aliphatic rings. The van der Waals surface area contributed by atoms with E-state index in [4.69, 9.17) is 10.5 Å². The summed E-state index contributed by atoms with van der Waals surface area (Å²) in [6.45, 7) is 5.37. The average Bonchev–Trinajstić information content (AvgIpc) is 2.16. The van der Waals surface area contributed by atoms with Crippen molar-refractivity contribution in [1.82, 2.24) is 10.3 Å². The Morgan fingerprint density at radius 2 is 2.19 bits per heavy atom. The molecule has 1 amide bonds. The van der Waals surface area contributed by atoms with Gasteiger partial charge in [0.1, 0.15) is 11.8 Å². The van der Waals surface area contributed by atoms with Crippen molar-refractivity contribution in [3.05, 3.63) is 30.1 Å². The lowest BCUT2D eigenvalue weighted by Gasteiger charge is -2.21. The Morgan fingerprint density at radius 1 is 1.50 bits per heavy atom. The van der Waals surface area contributed by atoms with Crippen LogP contribution in [-0.2, 0) is 4.74 Å². The van der Waals surface area contributed by atoms with Gasteiger partial charge in [0.25, 0.3) is 0 Å². The molecule has 1 heterocycles. The molecule has 0 spiro atoms. The first-order valence-electron chi connectivity index (χ1n) is 5.04. The molecule has 0 aliphatic heterocycles. The molecule has 1 aromatic rings. The SMILES string of the molecule is CC(C)(C)OC(=O)NC(N)c1ccccn1. The highest BCUT2D eigenvalue weighted by atomic mass is 16.6. The first kappa shape index (κ1) is 12.4. The summed E-state index contributed by atoms with van der Waals surface area (Å²) in [4.78, 5) is 15.4. The van der Waals surface area contributed by atoms with Crippen LogP contribution < -0.4 is 11.1 Å². The molecule has 0 radical (unpaired) electrons. The van der Waals surface area contributed by atoms with Crippen LogP contribution in [0.4, 0.5) is 4.79 Å². The number of alkyl carbamates (subject to hydrolysis) is 1. The zero-order chi connectivity index (χ0) is 12.2. The van der Waals surface area contributed by atoms with Crippen LogP contribution in [0, 0.1) is 0 Å². The summed E-state index contributed by atoms with van der Waals surface area (Å²) in [5, 5.41) is 2.51. The van der Waals surface area contributed by atoms with Gasteiger partial charge in [-0.25, -0.2) is 4.79 Å². The quantitative estimate of drug-likeness (QED) is 0.746. The van der Waals surface area contributed by atoms with E-state index in [0.29, 0.717) is 5.69 Å². The molecule has 0 aliphatic carbocycles. The lowest BCUT2D eigenvalue weighted by Crippen LogP contribution is -2.38. The summed E-state index contributed by atoms with van der Waals surface area (Å²) in [6, 6.07) is 5.32. The molecule has 16 heavy (non-hydrogen) atoms. The van der Waals surface area contributed by atoms with E-state index in [-0.39, 0.29) is 0 Å². The number of ether oxygens (including phenoxy) is 1. The summed E-state index contributed by atoms with van der Waals surface area (Å²) < 4.78 is 5.07. The number of rotatable bonds is 2. The Morgan fingerprint density at radius 3 is 2.69 bits per heavy atom. The molecule has 0 aromatic carbocycles. The number of amides is 1. The molecule has 5 heteroatoms. The lowest BCUT2D eigenvalue weighted by atomic mass is 10.2. The zero-order valence-corrected chi connectivity index (χ0v) is 9.73. The number of carbonyl (C=O) groups excluding carboxylic acids is 1. The number of nitrogens with one attached hydrogen (secondary N) is 1. The number of hydrogen-bond acceptors (Lipinski definition) is 4. The first-order chi connectivity index (χ1) is 7.38. The van der Waals surface area contributed by atoms with Crippen LogP contribution in [-0.4, -0.2) is 16.7 Å². The Balaban J connectivity index is 2.52. The third-order valence-corrected chi connectivity index (χ3v) is 1.68. The van der Waals surface area contributed by atoms with Crippen molar-refractivity contribution in [3.8, 4) is 0 Å². The van der Waals surface area contributed by atoms with E-state index in [1.165, 1.54) is 0 Å². The third-order valence-electron chi connectivity index (χ3n) is 1.68. The van der Waals surface area contributed by atoms with Crippen molar-refractivity contribution in [2.45, 2.75) is 32.5 Å². The minimum atomic E-state index is -0.656. The van der Waals surface area contributed by atoms with Gasteiger partial charge in [-0.3, -0.25) is 4.98 Å². The van der Waals surface area contributed by atoms with E-state index >= 15 is 0 Å². The average molecular weight is 223 g/mol. The fraction of sp³-hybridized carbons (Fsp3) is 0.455. The number of aromatic nitrogens is 1. The van der Waals surface area contributed by atoms with E-state index in [0.717, 1.165) is 0 Å². The van der Waals surface area contributed by atoms with Gasteiger partial charge in [0.05, 0.1) is 5.69 Å². The Kier molecular flexibility index (Phi) is 3.84. The summed E-state index contributed by atoms with van der Waals surface area (Å²) in [6.07, 6.45) is 0.410. The topological polar surface area (TPSA) is 77.2 Å². The van der Waals surface area contributed by atoms with Crippen molar-refractivity contribution in [3.63, 3.8) is 0 Å². The number of carbonyl (C=O) groups is 1. The van der Waals surface area contributed by atoms with Gasteiger partial charge in [-0.2, -0.15) is 0 Å². The molecule has 1 atom stereocenters. The molecule has 1 rings (SSSR count).